The number of morpholine rings is 1. The molecule has 2 amide bonds. The van der Waals surface area contributed by atoms with Gasteiger partial charge in [0.05, 0.1) is 24.3 Å². The zero-order valence-corrected chi connectivity index (χ0v) is 13.8. The Morgan fingerprint density at radius 3 is 2.31 bits per heavy atom. The van der Waals surface area contributed by atoms with Crippen LogP contribution in [0.3, 0.4) is 0 Å². The number of hydrogen-bond donors (Lipinski definition) is 0. The van der Waals surface area contributed by atoms with Gasteiger partial charge in [0.1, 0.15) is 12.7 Å². The monoisotopic (exact) mass is 349 g/mol. The van der Waals surface area contributed by atoms with E-state index in [-0.39, 0.29) is 11.8 Å². The molecule has 3 aromatic rings. The first-order valence-electron chi connectivity index (χ1n) is 8.38. The summed E-state index contributed by atoms with van der Waals surface area (Å²) in [6.07, 6.45) is 2.67. The first-order valence-corrected chi connectivity index (χ1v) is 8.38. The molecule has 3 heterocycles. The van der Waals surface area contributed by atoms with Gasteiger partial charge in [-0.2, -0.15) is 5.01 Å². The normalized spacial score (nSPS) is 17.2. The van der Waals surface area contributed by atoms with Crippen molar-refractivity contribution in [2.45, 2.75) is 0 Å². The number of amides is 2. The highest BCUT2D eigenvalue weighted by Crippen LogP contribution is 2.35. The minimum absolute atomic E-state index is 0.382. The Kier molecular flexibility index (Phi) is 3.26. The largest absolute Gasteiger partial charge is 0.378 e. The molecule has 2 aliphatic heterocycles. The summed E-state index contributed by atoms with van der Waals surface area (Å²) in [4.78, 5) is 28.2. The summed E-state index contributed by atoms with van der Waals surface area (Å²) in [6.45, 7) is 2.91. The summed E-state index contributed by atoms with van der Waals surface area (Å²) in [5, 5.41) is 10.1. The summed E-state index contributed by atoms with van der Waals surface area (Å²) in [6, 6.07) is 9.31. The van der Waals surface area contributed by atoms with Crippen LogP contribution in [-0.4, -0.2) is 53.0 Å². The average Bonchev–Trinajstić information content (AvgIpc) is 3.21. The predicted molar refractivity (Wildman–Crippen MR) is 93.9 cm³/mol. The predicted octanol–water partition coefficient (Wildman–Crippen LogP) is 1.20. The molecule has 0 unspecified atom stereocenters. The van der Waals surface area contributed by atoms with Gasteiger partial charge in [-0.1, -0.05) is 12.1 Å². The fraction of sp³-hybridized carbons (Fsp3) is 0.222. The maximum atomic E-state index is 13.0. The maximum absolute atomic E-state index is 13.0. The van der Waals surface area contributed by atoms with Crippen molar-refractivity contribution < 1.29 is 14.3 Å². The number of nitrogens with zero attached hydrogens (tertiary/aromatic N) is 5. The van der Waals surface area contributed by atoms with E-state index in [2.05, 4.69) is 15.1 Å². The van der Waals surface area contributed by atoms with E-state index in [9.17, 15) is 9.59 Å². The topological polar surface area (TPSA) is 80.6 Å². The summed E-state index contributed by atoms with van der Waals surface area (Å²) in [5.74, 6) is -0.765. The van der Waals surface area contributed by atoms with Crippen LogP contribution in [0.25, 0.3) is 10.8 Å². The molecule has 8 heteroatoms. The molecule has 5 rings (SSSR count). The molecule has 2 aromatic carbocycles. The molecule has 0 atom stereocenters. The van der Waals surface area contributed by atoms with Crippen LogP contribution >= 0.6 is 0 Å². The first-order chi connectivity index (χ1) is 12.8. The second-order valence-corrected chi connectivity index (χ2v) is 6.22. The Labute approximate surface area is 148 Å². The Bertz CT molecular complexity index is 1000. The molecule has 0 saturated carbocycles. The maximum Gasteiger partial charge on any atom is 0.280 e. The van der Waals surface area contributed by atoms with Gasteiger partial charge in [0.2, 0.25) is 0 Å². The molecule has 0 radical (unpaired) electrons. The van der Waals surface area contributed by atoms with Crippen molar-refractivity contribution in [3.05, 3.63) is 54.1 Å². The molecular formula is C18H15N5O3. The van der Waals surface area contributed by atoms with Gasteiger partial charge in [-0.05, 0) is 18.2 Å². The number of ether oxygens (including phenoxy) is 1. The smallest absolute Gasteiger partial charge is 0.280 e. The van der Waals surface area contributed by atoms with Crippen LogP contribution in [0.4, 0.5) is 5.69 Å². The molecule has 26 heavy (non-hydrogen) atoms. The Balaban J connectivity index is 1.71. The lowest BCUT2D eigenvalue weighted by atomic mass is 9.93. The summed E-state index contributed by atoms with van der Waals surface area (Å²) >= 11 is 0. The molecule has 0 bridgehead atoms. The molecule has 8 nitrogen and oxygen atoms in total. The Morgan fingerprint density at radius 2 is 1.58 bits per heavy atom. The summed E-state index contributed by atoms with van der Waals surface area (Å²) in [5.41, 5.74) is 2.02. The fourth-order valence-corrected chi connectivity index (χ4v) is 3.66. The van der Waals surface area contributed by atoms with Crippen molar-refractivity contribution in [3.8, 4) is 0 Å². The van der Waals surface area contributed by atoms with Gasteiger partial charge < -0.3 is 9.64 Å². The number of benzene rings is 2. The van der Waals surface area contributed by atoms with Gasteiger partial charge in [-0.15, -0.1) is 10.2 Å². The second kappa shape index (κ2) is 5.63. The minimum Gasteiger partial charge on any atom is -0.378 e. The van der Waals surface area contributed by atoms with E-state index in [0.717, 1.165) is 29.2 Å². The van der Waals surface area contributed by atoms with Crippen LogP contribution in [0, 0.1) is 0 Å². The Morgan fingerprint density at radius 1 is 0.885 bits per heavy atom. The summed E-state index contributed by atoms with van der Waals surface area (Å²) in [7, 11) is 0. The van der Waals surface area contributed by atoms with Crippen LogP contribution < -0.4 is 9.91 Å². The highest BCUT2D eigenvalue weighted by atomic mass is 16.5. The molecule has 0 N–H and O–H groups in total. The lowest BCUT2D eigenvalue weighted by Crippen LogP contribution is -2.47. The van der Waals surface area contributed by atoms with Crippen LogP contribution in [0.1, 0.15) is 20.7 Å². The van der Waals surface area contributed by atoms with Crippen molar-refractivity contribution in [2.24, 2.45) is 0 Å². The van der Waals surface area contributed by atoms with E-state index in [4.69, 9.17) is 4.74 Å². The zero-order chi connectivity index (χ0) is 17.7. The fourth-order valence-electron chi connectivity index (χ4n) is 3.66. The summed E-state index contributed by atoms with van der Waals surface area (Å²) < 4.78 is 6.74. The van der Waals surface area contributed by atoms with Crippen molar-refractivity contribution in [1.82, 2.24) is 14.9 Å². The number of aromatic nitrogens is 3. The number of anilines is 1. The molecular weight excluding hydrogens is 334 g/mol. The third-order valence-corrected chi connectivity index (χ3v) is 4.85. The molecule has 1 saturated heterocycles. The molecule has 1 aromatic heterocycles. The first kappa shape index (κ1) is 15.0. The van der Waals surface area contributed by atoms with Gasteiger partial charge in [-0.3, -0.25) is 9.59 Å². The quantitative estimate of drug-likeness (QED) is 0.647. The molecule has 0 aliphatic carbocycles. The Hall–Kier alpha value is -3.26. The van der Waals surface area contributed by atoms with Crippen LogP contribution in [-0.2, 0) is 4.74 Å². The number of carbonyl (C=O) groups is 2. The zero-order valence-electron chi connectivity index (χ0n) is 13.8. The SMILES string of the molecule is O=C1c2cccc3c(N4CCOCC4)ccc(c23)C(=O)N1n1cnnc1. The van der Waals surface area contributed by atoms with Crippen molar-refractivity contribution in [3.63, 3.8) is 0 Å². The lowest BCUT2D eigenvalue weighted by Gasteiger charge is -2.32. The van der Waals surface area contributed by atoms with Gasteiger partial charge in [0.25, 0.3) is 11.8 Å². The highest BCUT2D eigenvalue weighted by molar-refractivity contribution is 6.33. The van der Waals surface area contributed by atoms with Crippen molar-refractivity contribution >= 4 is 28.3 Å². The van der Waals surface area contributed by atoms with E-state index >= 15 is 0 Å². The minimum atomic E-state index is -0.382. The van der Waals surface area contributed by atoms with Crippen LogP contribution in [0.2, 0.25) is 0 Å². The number of rotatable bonds is 2. The number of hydrogen-bond acceptors (Lipinski definition) is 6. The van der Waals surface area contributed by atoms with Crippen LogP contribution in [0.5, 0.6) is 0 Å². The molecule has 1 fully saturated rings. The number of carbonyl (C=O) groups excluding carboxylic acids is 2. The molecule has 0 spiro atoms. The molecule has 130 valence electrons. The number of imide groups is 1. The van der Waals surface area contributed by atoms with Gasteiger partial charge in [0, 0.05) is 29.5 Å². The lowest BCUT2D eigenvalue weighted by molar-refractivity contribution is 0.0852. The van der Waals surface area contributed by atoms with E-state index < -0.39 is 0 Å². The van der Waals surface area contributed by atoms with Crippen molar-refractivity contribution in [2.75, 3.05) is 36.2 Å². The van der Waals surface area contributed by atoms with Gasteiger partial charge in [-0.25, -0.2) is 4.68 Å². The van der Waals surface area contributed by atoms with E-state index in [1.807, 2.05) is 18.2 Å². The third kappa shape index (κ3) is 2.05. The van der Waals surface area contributed by atoms with E-state index in [0.29, 0.717) is 29.7 Å². The van der Waals surface area contributed by atoms with Crippen molar-refractivity contribution in [1.29, 1.82) is 0 Å². The molecule has 2 aliphatic rings. The second-order valence-electron chi connectivity index (χ2n) is 6.22. The van der Waals surface area contributed by atoms with Crippen LogP contribution in [0.15, 0.2) is 43.0 Å². The van der Waals surface area contributed by atoms with Gasteiger partial charge in [0.15, 0.2) is 0 Å². The van der Waals surface area contributed by atoms with Gasteiger partial charge >= 0.3 is 0 Å². The van der Waals surface area contributed by atoms with E-state index in [1.165, 1.54) is 17.3 Å². The standard InChI is InChI=1S/C18H15N5O3/c24-17-13-3-1-2-12-15(21-6-8-26-9-7-21)5-4-14(16(12)13)18(25)23(17)22-10-19-20-11-22/h1-5,10-11H,6-9H2. The third-order valence-electron chi connectivity index (χ3n) is 4.85. The highest BCUT2D eigenvalue weighted by Gasteiger charge is 2.35. The van der Waals surface area contributed by atoms with E-state index in [1.54, 1.807) is 12.1 Å². The average molecular weight is 349 g/mol.